The van der Waals surface area contributed by atoms with Gasteiger partial charge in [0, 0.05) is 21.7 Å². The Balaban J connectivity index is 1.94. The third-order valence-corrected chi connectivity index (χ3v) is 5.59. The maximum Gasteiger partial charge on any atom is 0.339 e. The number of hydrogen-bond acceptors (Lipinski definition) is 4. The third-order valence-electron chi connectivity index (χ3n) is 4.93. The van der Waals surface area contributed by atoms with Gasteiger partial charge in [0.25, 0.3) is 5.91 Å². The molecule has 8 heteroatoms. The Kier molecular flexibility index (Phi) is 5.35. The zero-order chi connectivity index (χ0) is 22.3. The van der Waals surface area contributed by atoms with E-state index in [0.29, 0.717) is 43.9 Å². The average molecular weight is 456 g/mol. The molecule has 6 nitrogen and oxygen atoms in total. The number of carboxylic acids is 1. The third kappa shape index (κ3) is 3.50. The van der Waals surface area contributed by atoms with Crippen molar-refractivity contribution in [2.45, 2.75) is 0 Å². The molecule has 0 aliphatic carbocycles. The predicted octanol–water partition coefficient (Wildman–Crippen LogP) is 5.62. The molecule has 4 rings (SSSR count). The van der Waals surface area contributed by atoms with Crippen molar-refractivity contribution in [1.82, 2.24) is 0 Å². The van der Waals surface area contributed by atoms with Crippen molar-refractivity contribution in [3.8, 4) is 11.5 Å². The highest BCUT2D eigenvalue weighted by atomic mass is 35.5. The van der Waals surface area contributed by atoms with Crippen LogP contribution in [0.4, 0.5) is 11.4 Å². The standard InChI is InChI=1S/C23H15Cl2NO5/c1-31-20-7-3-6-18-21(20)15(11-14-16(24)4-2-5-17(14)25)22(28)26(18)12-8-9-13(23(29)30)19(27)10-12/h2-11,27H,1H3,(H,29,30)/b15-11+. The molecule has 0 aromatic heterocycles. The molecule has 1 amide bonds. The summed E-state index contributed by atoms with van der Waals surface area (Å²) in [6.45, 7) is 0. The maximum absolute atomic E-state index is 13.5. The first kappa shape index (κ1) is 20.8. The van der Waals surface area contributed by atoms with Crippen molar-refractivity contribution in [3.63, 3.8) is 0 Å². The molecule has 2 N–H and O–H groups in total. The van der Waals surface area contributed by atoms with E-state index in [9.17, 15) is 14.7 Å². The number of anilines is 2. The van der Waals surface area contributed by atoms with Gasteiger partial charge in [-0.3, -0.25) is 9.69 Å². The Morgan fingerprint density at radius 3 is 2.35 bits per heavy atom. The number of phenols is 1. The van der Waals surface area contributed by atoms with Crippen molar-refractivity contribution < 1.29 is 24.5 Å². The SMILES string of the molecule is COc1cccc2c1/C(=C\c1c(Cl)cccc1Cl)C(=O)N2c1ccc(C(=O)O)c(O)c1. The summed E-state index contributed by atoms with van der Waals surface area (Å²) in [5, 5.41) is 20.1. The molecule has 1 aliphatic heterocycles. The van der Waals surface area contributed by atoms with Gasteiger partial charge in [0.15, 0.2) is 0 Å². The van der Waals surface area contributed by atoms with Gasteiger partial charge in [0.2, 0.25) is 0 Å². The summed E-state index contributed by atoms with van der Waals surface area (Å²) in [6, 6.07) is 14.2. The van der Waals surface area contributed by atoms with Crippen LogP contribution in [0.3, 0.4) is 0 Å². The number of aromatic carboxylic acids is 1. The molecule has 3 aromatic rings. The second kappa shape index (κ2) is 7.98. The minimum atomic E-state index is -1.27. The molecule has 0 unspecified atom stereocenters. The molecular weight excluding hydrogens is 441 g/mol. The summed E-state index contributed by atoms with van der Waals surface area (Å²) in [5.74, 6) is -1.66. The van der Waals surface area contributed by atoms with Crippen LogP contribution in [0, 0.1) is 0 Å². The number of nitrogens with zero attached hydrogens (tertiary/aromatic N) is 1. The number of carboxylic acid groups (broad SMARTS) is 1. The Morgan fingerprint density at radius 2 is 1.74 bits per heavy atom. The number of ether oxygens (including phenoxy) is 1. The van der Waals surface area contributed by atoms with Crippen LogP contribution in [0.1, 0.15) is 21.5 Å². The predicted molar refractivity (Wildman–Crippen MR) is 120 cm³/mol. The summed E-state index contributed by atoms with van der Waals surface area (Å²) in [5.41, 5.74) is 1.87. The number of carbonyl (C=O) groups excluding carboxylic acids is 1. The number of benzene rings is 3. The fourth-order valence-corrected chi connectivity index (χ4v) is 4.01. The first-order valence-corrected chi connectivity index (χ1v) is 9.83. The molecule has 1 aliphatic rings. The van der Waals surface area contributed by atoms with Gasteiger partial charge < -0.3 is 14.9 Å². The van der Waals surface area contributed by atoms with E-state index in [-0.39, 0.29) is 5.56 Å². The lowest BCUT2D eigenvalue weighted by Crippen LogP contribution is -2.20. The Bertz CT molecular complexity index is 1250. The molecule has 0 spiro atoms. The lowest BCUT2D eigenvalue weighted by molar-refractivity contribution is -0.112. The number of methoxy groups -OCH3 is 1. The van der Waals surface area contributed by atoms with E-state index in [1.807, 2.05) is 0 Å². The number of rotatable bonds is 4. The fourth-order valence-electron chi connectivity index (χ4n) is 3.51. The largest absolute Gasteiger partial charge is 0.507 e. The number of halogens is 2. The van der Waals surface area contributed by atoms with Crippen LogP contribution in [0.25, 0.3) is 11.6 Å². The summed E-state index contributed by atoms with van der Waals surface area (Å²) < 4.78 is 5.48. The lowest BCUT2D eigenvalue weighted by Gasteiger charge is -2.18. The van der Waals surface area contributed by atoms with Crippen LogP contribution in [-0.2, 0) is 4.79 Å². The molecule has 0 saturated heterocycles. The number of hydrogen-bond donors (Lipinski definition) is 2. The Morgan fingerprint density at radius 1 is 1.06 bits per heavy atom. The molecule has 0 bridgehead atoms. The topological polar surface area (TPSA) is 87.1 Å². The highest BCUT2D eigenvalue weighted by Gasteiger charge is 2.36. The fraction of sp³-hybridized carbons (Fsp3) is 0.0435. The zero-order valence-electron chi connectivity index (χ0n) is 16.1. The number of carbonyl (C=O) groups is 2. The first-order valence-electron chi connectivity index (χ1n) is 9.07. The van der Waals surface area contributed by atoms with E-state index < -0.39 is 17.6 Å². The van der Waals surface area contributed by atoms with E-state index in [1.54, 1.807) is 42.5 Å². The van der Waals surface area contributed by atoms with E-state index >= 15 is 0 Å². The Labute approximate surface area is 187 Å². The minimum absolute atomic E-state index is 0.264. The van der Waals surface area contributed by atoms with E-state index in [2.05, 4.69) is 0 Å². The van der Waals surface area contributed by atoms with Crippen molar-refractivity contribution in [1.29, 1.82) is 0 Å². The monoisotopic (exact) mass is 455 g/mol. The summed E-state index contributed by atoms with van der Waals surface area (Å²) >= 11 is 12.6. The first-order chi connectivity index (χ1) is 14.8. The van der Waals surface area contributed by atoms with Crippen LogP contribution < -0.4 is 9.64 Å². The van der Waals surface area contributed by atoms with Crippen LogP contribution in [0.2, 0.25) is 10.0 Å². The molecule has 0 saturated carbocycles. The summed E-state index contributed by atoms with van der Waals surface area (Å²) in [7, 11) is 1.50. The molecule has 0 atom stereocenters. The van der Waals surface area contributed by atoms with Gasteiger partial charge in [0.05, 0.1) is 29.6 Å². The maximum atomic E-state index is 13.5. The van der Waals surface area contributed by atoms with Crippen LogP contribution in [-0.4, -0.2) is 29.2 Å². The van der Waals surface area contributed by atoms with Gasteiger partial charge in [0.1, 0.15) is 17.1 Å². The van der Waals surface area contributed by atoms with Gasteiger partial charge >= 0.3 is 5.97 Å². The summed E-state index contributed by atoms with van der Waals surface area (Å²) in [6.07, 6.45) is 1.60. The number of fused-ring (bicyclic) bond motifs is 1. The smallest absolute Gasteiger partial charge is 0.339 e. The van der Waals surface area contributed by atoms with Crippen LogP contribution in [0.5, 0.6) is 11.5 Å². The number of amides is 1. The van der Waals surface area contributed by atoms with Crippen molar-refractivity contribution in [2.24, 2.45) is 0 Å². The molecular formula is C23H15Cl2NO5. The molecule has 0 fully saturated rings. The van der Waals surface area contributed by atoms with Gasteiger partial charge in [-0.05, 0) is 42.5 Å². The molecule has 31 heavy (non-hydrogen) atoms. The van der Waals surface area contributed by atoms with Crippen molar-refractivity contribution >= 4 is 58.1 Å². The lowest BCUT2D eigenvalue weighted by atomic mass is 10.0. The van der Waals surface area contributed by atoms with Crippen molar-refractivity contribution in [2.75, 3.05) is 12.0 Å². The van der Waals surface area contributed by atoms with Crippen molar-refractivity contribution in [3.05, 3.63) is 81.3 Å². The van der Waals surface area contributed by atoms with Gasteiger partial charge in [-0.1, -0.05) is 35.3 Å². The van der Waals surface area contributed by atoms with Gasteiger partial charge in [-0.25, -0.2) is 4.79 Å². The minimum Gasteiger partial charge on any atom is -0.507 e. The highest BCUT2D eigenvalue weighted by molar-refractivity contribution is 6.42. The summed E-state index contributed by atoms with van der Waals surface area (Å²) in [4.78, 5) is 26.1. The zero-order valence-corrected chi connectivity index (χ0v) is 17.6. The van der Waals surface area contributed by atoms with Gasteiger partial charge in [-0.2, -0.15) is 0 Å². The van der Waals surface area contributed by atoms with Crippen LogP contribution in [0.15, 0.2) is 54.6 Å². The van der Waals surface area contributed by atoms with Crippen LogP contribution >= 0.6 is 23.2 Å². The van der Waals surface area contributed by atoms with E-state index in [4.69, 9.17) is 33.0 Å². The van der Waals surface area contributed by atoms with Gasteiger partial charge in [-0.15, -0.1) is 0 Å². The second-order valence-electron chi connectivity index (χ2n) is 6.69. The number of aromatic hydroxyl groups is 1. The Hall–Kier alpha value is -3.48. The molecule has 1 heterocycles. The molecule has 3 aromatic carbocycles. The average Bonchev–Trinajstić information content (AvgIpc) is 3.01. The molecule has 156 valence electrons. The molecule has 0 radical (unpaired) electrons. The van der Waals surface area contributed by atoms with E-state index in [1.165, 1.54) is 30.2 Å². The highest BCUT2D eigenvalue weighted by Crippen LogP contribution is 2.47. The normalized spacial score (nSPS) is 14.1. The second-order valence-corrected chi connectivity index (χ2v) is 7.51. The quantitative estimate of drug-likeness (QED) is 0.498. The van der Waals surface area contributed by atoms with E-state index in [0.717, 1.165) is 0 Å².